The highest BCUT2D eigenvalue weighted by Gasteiger charge is 2.23. The molecule has 2 N–H and O–H groups in total. The van der Waals surface area contributed by atoms with Crippen molar-refractivity contribution in [3.05, 3.63) is 93.8 Å². The Hall–Kier alpha value is -2.94. The first-order valence-electron chi connectivity index (χ1n) is 9.56. The van der Waals surface area contributed by atoms with Gasteiger partial charge in [0.15, 0.2) is 0 Å². The summed E-state index contributed by atoms with van der Waals surface area (Å²) in [4.78, 5) is 12.5. The minimum Gasteiger partial charge on any atom is -0.477 e. The lowest BCUT2D eigenvalue weighted by molar-refractivity contribution is 0.0703. The average molecular weight is 528 g/mol. The van der Waals surface area contributed by atoms with Crippen molar-refractivity contribution in [1.82, 2.24) is 0 Å². The van der Waals surface area contributed by atoms with Crippen LogP contribution in [-0.2, 0) is 10.0 Å². The molecule has 1 heterocycles. The molecule has 0 aliphatic carbocycles. The Bertz CT molecular complexity index is 1390. The quantitative estimate of drug-likeness (QED) is 0.294. The van der Waals surface area contributed by atoms with E-state index < -0.39 is 16.0 Å². The van der Waals surface area contributed by atoms with Gasteiger partial charge in [0.05, 0.1) is 10.6 Å². The fraction of sp³-hybridized carbons (Fsp3) is 0.0417. The van der Waals surface area contributed by atoms with Gasteiger partial charge in [0.25, 0.3) is 10.0 Å². The number of carbonyl (C=O) groups is 1. The number of carboxylic acid groups (broad SMARTS) is 1. The number of halogens is 1. The summed E-state index contributed by atoms with van der Waals surface area (Å²) >= 11 is 4.46. The molecule has 0 spiro atoms. The Kier molecular flexibility index (Phi) is 6.19. The second kappa shape index (κ2) is 8.90. The highest BCUT2D eigenvalue weighted by Crippen LogP contribution is 2.37. The summed E-state index contributed by atoms with van der Waals surface area (Å²) in [6, 6.07) is 23.8. The molecular weight excluding hydrogens is 510 g/mol. The SMILES string of the molecule is Cc1ccccc1S(=O)(=O)Nc1cc(-c2ccc(-c3ccc(Br)cc3)cc2)sc1C(=O)O. The van der Waals surface area contributed by atoms with Crippen LogP contribution in [0, 0.1) is 6.92 Å². The van der Waals surface area contributed by atoms with Crippen LogP contribution in [0.4, 0.5) is 5.69 Å². The Balaban J connectivity index is 1.67. The third kappa shape index (κ3) is 4.62. The lowest BCUT2D eigenvalue weighted by Gasteiger charge is -2.09. The van der Waals surface area contributed by atoms with Gasteiger partial charge in [0.1, 0.15) is 4.88 Å². The zero-order valence-corrected chi connectivity index (χ0v) is 20.1. The number of nitrogens with one attached hydrogen (secondary N) is 1. The number of aryl methyl sites for hydroxylation is 1. The maximum atomic E-state index is 12.9. The van der Waals surface area contributed by atoms with Gasteiger partial charge in [0, 0.05) is 9.35 Å². The van der Waals surface area contributed by atoms with E-state index in [4.69, 9.17) is 0 Å². The number of anilines is 1. The zero-order chi connectivity index (χ0) is 22.9. The summed E-state index contributed by atoms with van der Waals surface area (Å²) in [5.74, 6) is -1.18. The molecule has 0 atom stereocenters. The first-order valence-corrected chi connectivity index (χ1v) is 12.7. The van der Waals surface area contributed by atoms with E-state index in [1.807, 2.05) is 48.5 Å². The third-order valence-corrected chi connectivity index (χ3v) is 8.13. The number of hydrogen-bond donors (Lipinski definition) is 2. The minimum absolute atomic E-state index is 0.0535. The van der Waals surface area contributed by atoms with E-state index in [2.05, 4.69) is 20.7 Å². The van der Waals surface area contributed by atoms with Crippen molar-refractivity contribution >= 4 is 48.9 Å². The van der Waals surface area contributed by atoms with Crippen LogP contribution in [0.15, 0.2) is 88.2 Å². The molecule has 0 aliphatic rings. The van der Waals surface area contributed by atoms with Gasteiger partial charge >= 0.3 is 5.97 Å². The fourth-order valence-corrected chi connectivity index (χ4v) is 5.89. The number of carboxylic acids is 1. The summed E-state index contributed by atoms with van der Waals surface area (Å²) in [7, 11) is -3.93. The van der Waals surface area contributed by atoms with Crippen LogP contribution in [0.25, 0.3) is 21.6 Å². The number of benzene rings is 3. The van der Waals surface area contributed by atoms with Crippen LogP contribution in [0.1, 0.15) is 15.2 Å². The van der Waals surface area contributed by atoms with E-state index in [1.54, 1.807) is 31.2 Å². The summed E-state index contributed by atoms with van der Waals surface area (Å²) in [5, 5.41) is 9.63. The van der Waals surface area contributed by atoms with Crippen molar-refractivity contribution in [3.8, 4) is 21.6 Å². The van der Waals surface area contributed by atoms with Crippen LogP contribution in [0.3, 0.4) is 0 Å². The summed E-state index contributed by atoms with van der Waals surface area (Å²) < 4.78 is 29.2. The molecule has 4 aromatic rings. The maximum absolute atomic E-state index is 12.9. The van der Waals surface area contributed by atoms with Crippen LogP contribution < -0.4 is 4.72 Å². The molecule has 162 valence electrons. The van der Waals surface area contributed by atoms with E-state index in [9.17, 15) is 18.3 Å². The number of rotatable bonds is 6. The van der Waals surface area contributed by atoms with Crippen molar-refractivity contribution in [2.75, 3.05) is 4.72 Å². The van der Waals surface area contributed by atoms with Gasteiger partial charge in [-0.15, -0.1) is 11.3 Å². The van der Waals surface area contributed by atoms with Crippen molar-refractivity contribution in [2.45, 2.75) is 11.8 Å². The number of thiophene rings is 1. The molecule has 8 heteroatoms. The molecule has 0 bridgehead atoms. The van der Waals surface area contributed by atoms with Crippen molar-refractivity contribution < 1.29 is 18.3 Å². The number of hydrogen-bond acceptors (Lipinski definition) is 4. The van der Waals surface area contributed by atoms with Gasteiger partial charge in [0.2, 0.25) is 0 Å². The predicted molar refractivity (Wildman–Crippen MR) is 132 cm³/mol. The standard InChI is InChI=1S/C24H18BrNO4S2/c1-15-4-2-3-5-22(15)32(29,30)26-20-14-21(31-23(20)24(27)28)18-8-6-16(7-9-18)17-10-12-19(25)13-11-17/h2-14,26H,1H3,(H,27,28). The molecule has 0 radical (unpaired) electrons. The van der Waals surface area contributed by atoms with Gasteiger partial charge in [-0.1, -0.05) is 70.5 Å². The largest absolute Gasteiger partial charge is 0.477 e. The lowest BCUT2D eigenvalue weighted by atomic mass is 10.0. The van der Waals surface area contributed by atoms with E-state index in [0.29, 0.717) is 10.4 Å². The highest BCUT2D eigenvalue weighted by atomic mass is 79.9. The summed E-state index contributed by atoms with van der Waals surface area (Å²) in [5.41, 5.74) is 3.52. The maximum Gasteiger partial charge on any atom is 0.348 e. The Morgan fingerprint density at radius 1 is 0.906 bits per heavy atom. The van der Waals surface area contributed by atoms with Gasteiger partial charge in [-0.25, -0.2) is 13.2 Å². The second-order valence-corrected chi connectivity index (χ2v) is 10.7. The van der Waals surface area contributed by atoms with Gasteiger partial charge in [-0.3, -0.25) is 4.72 Å². The molecule has 3 aromatic carbocycles. The monoisotopic (exact) mass is 527 g/mol. The average Bonchev–Trinajstić information content (AvgIpc) is 3.18. The molecule has 0 aliphatic heterocycles. The molecule has 0 unspecified atom stereocenters. The first kappa shape index (κ1) is 22.3. The smallest absolute Gasteiger partial charge is 0.348 e. The molecule has 1 aromatic heterocycles. The fourth-order valence-electron chi connectivity index (χ4n) is 3.29. The zero-order valence-electron chi connectivity index (χ0n) is 16.9. The normalized spacial score (nSPS) is 11.3. The van der Waals surface area contributed by atoms with Crippen LogP contribution in [0.2, 0.25) is 0 Å². The Morgan fingerprint density at radius 2 is 1.47 bits per heavy atom. The van der Waals surface area contributed by atoms with Gasteiger partial charge in [-0.05, 0) is 53.4 Å². The number of sulfonamides is 1. The molecule has 0 saturated heterocycles. The van der Waals surface area contributed by atoms with E-state index in [0.717, 1.165) is 32.5 Å². The third-order valence-electron chi connectivity index (χ3n) is 4.90. The lowest BCUT2D eigenvalue weighted by Crippen LogP contribution is -2.15. The van der Waals surface area contributed by atoms with Crippen LogP contribution in [0.5, 0.6) is 0 Å². The van der Waals surface area contributed by atoms with Crippen molar-refractivity contribution in [1.29, 1.82) is 0 Å². The van der Waals surface area contributed by atoms with Crippen LogP contribution >= 0.6 is 27.3 Å². The predicted octanol–water partition coefficient (Wildman–Crippen LogP) is 6.65. The molecular formula is C24H18BrNO4S2. The minimum atomic E-state index is -3.93. The van der Waals surface area contributed by atoms with E-state index >= 15 is 0 Å². The first-order chi connectivity index (χ1) is 15.2. The molecule has 4 rings (SSSR count). The highest BCUT2D eigenvalue weighted by molar-refractivity contribution is 9.10. The summed E-state index contributed by atoms with van der Waals surface area (Å²) in [6.07, 6.45) is 0. The topological polar surface area (TPSA) is 83.5 Å². The van der Waals surface area contributed by atoms with Crippen molar-refractivity contribution in [3.63, 3.8) is 0 Å². The Morgan fingerprint density at radius 3 is 2.06 bits per heavy atom. The summed E-state index contributed by atoms with van der Waals surface area (Å²) in [6.45, 7) is 1.69. The molecule has 5 nitrogen and oxygen atoms in total. The van der Waals surface area contributed by atoms with E-state index in [1.165, 1.54) is 6.07 Å². The number of aromatic carboxylic acids is 1. The molecule has 0 saturated carbocycles. The van der Waals surface area contributed by atoms with Crippen LogP contribution in [-0.4, -0.2) is 19.5 Å². The van der Waals surface area contributed by atoms with Gasteiger partial charge in [-0.2, -0.15) is 0 Å². The van der Waals surface area contributed by atoms with Gasteiger partial charge < -0.3 is 5.11 Å². The Labute approximate surface area is 198 Å². The van der Waals surface area contributed by atoms with Crippen molar-refractivity contribution in [2.24, 2.45) is 0 Å². The second-order valence-electron chi connectivity index (χ2n) is 7.11. The van der Waals surface area contributed by atoms with E-state index in [-0.39, 0.29) is 15.5 Å². The molecule has 32 heavy (non-hydrogen) atoms. The molecule has 0 fully saturated rings. The molecule has 0 amide bonds.